The molecule has 0 saturated heterocycles. The number of aryl methyl sites for hydroxylation is 1. The zero-order valence-electron chi connectivity index (χ0n) is 10.4. The van der Waals surface area contributed by atoms with Gasteiger partial charge in [-0.3, -0.25) is 0 Å². The maximum atomic E-state index is 2.35. The van der Waals surface area contributed by atoms with Crippen molar-refractivity contribution >= 4 is 45.2 Å². The van der Waals surface area contributed by atoms with Crippen LogP contribution in [-0.2, 0) is 6.42 Å². The Labute approximate surface area is 136 Å². The third-order valence-electron chi connectivity index (χ3n) is 3.22. The Morgan fingerprint density at radius 3 is 1.89 bits per heavy atom. The molecule has 0 aliphatic heterocycles. The lowest BCUT2D eigenvalue weighted by atomic mass is 9.94. The van der Waals surface area contributed by atoms with E-state index in [0.717, 1.165) is 6.42 Å². The summed E-state index contributed by atoms with van der Waals surface area (Å²) >= 11 is 4.70. The average molecular weight is 462 g/mol. The van der Waals surface area contributed by atoms with Crippen LogP contribution in [0.15, 0.2) is 48.5 Å². The molecule has 0 spiro atoms. The molecule has 2 heteroatoms. The molecular weight excluding hydrogens is 446 g/mol. The van der Waals surface area contributed by atoms with Gasteiger partial charge in [0.05, 0.1) is 0 Å². The van der Waals surface area contributed by atoms with Crippen molar-refractivity contribution in [3.05, 3.63) is 66.8 Å². The predicted molar refractivity (Wildman–Crippen MR) is 95.1 cm³/mol. The van der Waals surface area contributed by atoms with E-state index < -0.39 is 0 Å². The van der Waals surface area contributed by atoms with Gasteiger partial charge in [-0.1, -0.05) is 31.2 Å². The lowest BCUT2D eigenvalue weighted by Crippen LogP contribution is -1.96. The molecule has 0 heterocycles. The minimum Gasteiger partial charge on any atom is -0.0584 e. The highest BCUT2D eigenvalue weighted by atomic mass is 127. The van der Waals surface area contributed by atoms with Gasteiger partial charge in [0.25, 0.3) is 0 Å². The van der Waals surface area contributed by atoms with E-state index in [4.69, 9.17) is 0 Å². The molecule has 1 atom stereocenters. The summed E-state index contributed by atoms with van der Waals surface area (Å²) in [4.78, 5) is 0. The summed E-state index contributed by atoms with van der Waals surface area (Å²) in [5, 5.41) is 0. The van der Waals surface area contributed by atoms with E-state index in [2.05, 4.69) is 101 Å². The van der Waals surface area contributed by atoms with Crippen LogP contribution in [0.2, 0.25) is 0 Å². The van der Waals surface area contributed by atoms with Crippen molar-refractivity contribution in [2.24, 2.45) is 0 Å². The second kappa shape index (κ2) is 6.89. The zero-order valence-corrected chi connectivity index (χ0v) is 14.7. The molecule has 0 aliphatic carbocycles. The fourth-order valence-corrected chi connectivity index (χ4v) is 2.71. The molecule has 94 valence electrons. The lowest BCUT2D eigenvalue weighted by Gasteiger charge is -2.12. The third-order valence-corrected chi connectivity index (χ3v) is 4.66. The monoisotopic (exact) mass is 462 g/mol. The molecule has 18 heavy (non-hydrogen) atoms. The van der Waals surface area contributed by atoms with Gasteiger partial charge < -0.3 is 0 Å². The summed E-state index contributed by atoms with van der Waals surface area (Å²) in [5.74, 6) is 0.626. The molecule has 0 amide bonds. The normalized spacial score (nSPS) is 12.4. The third kappa shape index (κ3) is 4.23. The topological polar surface area (TPSA) is 0 Å². The van der Waals surface area contributed by atoms with E-state index in [1.54, 1.807) is 0 Å². The smallest absolute Gasteiger partial charge is 0.0130 e. The molecule has 0 bridgehead atoms. The first-order valence-electron chi connectivity index (χ1n) is 6.15. The lowest BCUT2D eigenvalue weighted by molar-refractivity contribution is 0.679. The molecule has 0 saturated carbocycles. The Morgan fingerprint density at radius 1 is 0.833 bits per heavy atom. The molecule has 0 radical (unpaired) electrons. The number of hydrogen-bond acceptors (Lipinski definition) is 0. The minimum atomic E-state index is 0.626. The number of halogens is 2. The van der Waals surface area contributed by atoms with E-state index in [9.17, 15) is 0 Å². The van der Waals surface area contributed by atoms with Crippen LogP contribution < -0.4 is 0 Å². The summed E-state index contributed by atoms with van der Waals surface area (Å²) in [6.45, 7) is 2.31. The highest BCUT2D eigenvalue weighted by Gasteiger charge is 2.05. The molecule has 0 nitrogen and oxygen atoms in total. The number of rotatable bonds is 4. The van der Waals surface area contributed by atoms with Crippen LogP contribution in [0.5, 0.6) is 0 Å². The first kappa shape index (κ1) is 14.3. The molecule has 0 aromatic heterocycles. The highest BCUT2D eigenvalue weighted by Crippen LogP contribution is 2.22. The summed E-state index contributed by atoms with van der Waals surface area (Å²) in [5.41, 5.74) is 2.88. The van der Waals surface area contributed by atoms with Gasteiger partial charge >= 0.3 is 0 Å². The van der Waals surface area contributed by atoms with E-state index in [1.807, 2.05) is 0 Å². The van der Waals surface area contributed by atoms with Gasteiger partial charge in [0.15, 0.2) is 0 Å². The zero-order chi connectivity index (χ0) is 13.0. The second-order valence-corrected chi connectivity index (χ2v) is 7.11. The van der Waals surface area contributed by atoms with Crippen LogP contribution in [0.1, 0.15) is 30.4 Å². The molecule has 2 aromatic rings. The summed E-state index contributed by atoms with van der Waals surface area (Å²) in [7, 11) is 0. The van der Waals surface area contributed by atoms with Crippen molar-refractivity contribution in [2.75, 3.05) is 0 Å². The average Bonchev–Trinajstić information content (AvgIpc) is 2.38. The SMILES string of the molecule is CC(CCc1ccc(I)cc1)c1ccc(I)cc1. The van der Waals surface area contributed by atoms with Crippen molar-refractivity contribution in [1.82, 2.24) is 0 Å². The maximum Gasteiger partial charge on any atom is 0.0130 e. The van der Waals surface area contributed by atoms with Crippen LogP contribution in [0.25, 0.3) is 0 Å². The maximum absolute atomic E-state index is 2.35. The van der Waals surface area contributed by atoms with Crippen LogP contribution in [0.3, 0.4) is 0 Å². The molecular formula is C16H16I2. The molecule has 0 N–H and O–H groups in total. The minimum absolute atomic E-state index is 0.626. The predicted octanol–water partition coefficient (Wildman–Crippen LogP) is 5.63. The standard InChI is InChI=1S/C16H16I2/c1-12(14-6-10-16(18)11-7-14)2-3-13-4-8-15(17)9-5-13/h4-12H,2-3H2,1H3. The summed E-state index contributed by atoms with van der Waals surface area (Å²) < 4.78 is 2.61. The molecule has 0 aliphatic rings. The van der Waals surface area contributed by atoms with Gasteiger partial charge in [0, 0.05) is 7.14 Å². The van der Waals surface area contributed by atoms with Gasteiger partial charge in [0.1, 0.15) is 0 Å². The van der Waals surface area contributed by atoms with Gasteiger partial charge in [-0.15, -0.1) is 0 Å². The van der Waals surface area contributed by atoms with E-state index in [-0.39, 0.29) is 0 Å². The van der Waals surface area contributed by atoms with Crippen LogP contribution in [0.4, 0.5) is 0 Å². The number of benzene rings is 2. The van der Waals surface area contributed by atoms with Gasteiger partial charge in [-0.05, 0) is 99.3 Å². The fraction of sp³-hybridized carbons (Fsp3) is 0.250. The van der Waals surface area contributed by atoms with Crippen molar-refractivity contribution < 1.29 is 0 Å². The van der Waals surface area contributed by atoms with Crippen LogP contribution in [-0.4, -0.2) is 0 Å². The Bertz CT molecular complexity index is 486. The van der Waals surface area contributed by atoms with Crippen LogP contribution >= 0.6 is 45.2 Å². The Morgan fingerprint density at radius 2 is 1.33 bits per heavy atom. The van der Waals surface area contributed by atoms with E-state index in [0.29, 0.717) is 5.92 Å². The molecule has 1 unspecified atom stereocenters. The Balaban J connectivity index is 1.93. The number of hydrogen-bond donors (Lipinski definition) is 0. The van der Waals surface area contributed by atoms with E-state index >= 15 is 0 Å². The quantitative estimate of drug-likeness (QED) is 0.517. The van der Waals surface area contributed by atoms with Crippen molar-refractivity contribution in [1.29, 1.82) is 0 Å². The largest absolute Gasteiger partial charge is 0.0584 e. The first-order chi connectivity index (χ1) is 8.65. The van der Waals surface area contributed by atoms with Gasteiger partial charge in [-0.25, -0.2) is 0 Å². The van der Waals surface area contributed by atoms with Crippen molar-refractivity contribution in [3.8, 4) is 0 Å². The van der Waals surface area contributed by atoms with E-state index in [1.165, 1.54) is 24.7 Å². The Hall–Kier alpha value is -0.100. The van der Waals surface area contributed by atoms with Gasteiger partial charge in [-0.2, -0.15) is 0 Å². The molecule has 2 aromatic carbocycles. The Kier molecular flexibility index (Phi) is 5.48. The highest BCUT2D eigenvalue weighted by molar-refractivity contribution is 14.1. The first-order valence-corrected chi connectivity index (χ1v) is 8.31. The fourth-order valence-electron chi connectivity index (χ4n) is 1.99. The van der Waals surface area contributed by atoms with Crippen LogP contribution in [0, 0.1) is 7.14 Å². The van der Waals surface area contributed by atoms with Gasteiger partial charge in [0.2, 0.25) is 0 Å². The summed E-state index contributed by atoms with van der Waals surface area (Å²) in [6.07, 6.45) is 2.37. The second-order valence-electron chi connectivity index (χ2n) is 4.62. The molecule has 2 rings (SSSR count). The van der Waals surface area contributed by atoms with Crippen molar-refractivity contribution in [2.45, 2.75) is 25.7 Å². The van der Waals surface area contributed by atoms with Crippen molar-refractivity contribution in [3.63, 3.8) is 0 Å². The molecule has 0 fully saturated rings. The summed E-state index contributed by atoms with van der Waals surface area (Å²) in [6, 6.07) is 17.7.